The minimum atomic E-state index is -1.83. The second-order valence-corrected chi connectivity index (χ2v) is 6.92. The van der Waals surface area contributed by atoms with E-state index in [2.05, 4.69) is 5.32 Å². The molecule has 0 bridgehead atoms. The Balaban J connectivity index is 1.95. The molecule has 1 amide bonds. The number of hydrogen-bond donors (Lipinski definition) is 2. The second-order valence-electron chi connectivity index (χ2n) is 6.52. The molecule has 0 aliphatic heterocycles. The smallest absolute Gasteiger partial charge is 0.261 e. The number of nitrogens with zero attached hydrogens (tertiary/aromatic N) is 1. The minimum absolute atomic E-state index is 0.0457. The molecule has 29 heavy (non-hydrogen) atoms. The van der Waals surface area contributed by atoms with Crippen molar-refractivity contribution in [2.45, 2.75) is 12.0 Å². The summed E-state index contributed by atoms with van der Waals surface area (Å²) in [5, 5.41) is 23.4. The van der Waals surface area contributed by atoms with Crippen LogP contribution in [0.4, 0.5) is 5.69 Å². The van der Waals surface area contributed by atoms with E-state index in [1.165, 1.54) is 12.1 Å². The third kappa shape index (κ3) is 4.57. The van der Waals surface area contributed by atoms with Gasteiger partial charge in [0.2, 0.25) is 0 Å². The largest absolute Gasteiger partial charge is 0.497 e. The number of ether oxygens (including phenoxy) is 1. The molecule has 0 fully saturated rings. The zero-order chi connectivity index (χ0) is 20.9. The summed E-state index contributed by atoms with van der Waals surface area (Å²) in [6.45, 7) is 0. The van der Waals surface area contributed by atoms with Gasteiger partial charge in [-0.25, -0.2) is 0 Å². The van der Waals surface area contributed by atoms with Crippen LogP contribution in [-0.4, -0.2) is 18.1 Å². The fourth-order valence-corrected chi connectivity index (χ4v) is 3.25. The van der Waals surface area contributed by atoms with Gasteiger partial charge in [-0.1, -0.05) is 54.1 Å². The molecule has 0 saturated heterocycles. The van der Waals surface area contributed by atoms with Crippen molar-refractivity contribution in [1.82, 2.24) is 0 Å². The summed E-state index contributed by atoms with van der Waals surface area (Å²) in [6, 6.07) is 22.5. The topological polar surface area (TPSA) is 82.3 Å². The maximum Gasteiger partial charge on any atom is 0.261 e. The van der Waals surface area contributed by atoms with Crippen LogP contribution in [0.2, 0.25) is 5.02 Å². The normalized spacial score (nSPS) is 12.5. The van der Waals surface area contributed by atoms with Crippen molar-refractivity contribution in [3.8, 4) is 11.8 Å². The first-order valence-electron chi connectivity index (χ1n) is 8.88. The predicted molar refractivity (Wildman–Crippen MR) is 112 cm³/mol. The maximum absolute atomic E-state index is 13.2. The molecule has 0 heterocycles. The average molecular weight is 407 g/mol. The van der Waals surface area contributed by atoms with Gasteiger partial charge >= 0.3 is 0 Å². The quantitative estimate of drug-likeness (QED) is 0.639. The molecule has 3 aromatic rings. The molecular formula is C23H19ClN2O3. The SMILES string of the molecule is COc1cccc(CC(O)(C(=O)Nc2ccc(C#N)c(Cl)c2)c2ccccc2)c1. The highest BCUT2D eigenvalue weighted by Crippen LogP contribution is 2.30. The minimum Gasteiger partial charge on any atom is -0.497 e. The number of hydrogen-bond acceptors (Lipinski definition) is 4. The van der Waals surface area contributed by atoms with Crippen molar-refractivity contribution in [2.75, 3.05) is 12.4 Å². The van der Waals surface area contributed by atoms with Crippen molar-refractivity contribution in [1.29, 1.82) is 5.26 Å². The lowest BCUT2D eigenvalue weighted by Crippen LogP contribution is -2.42. The van der Waals surface area contributed by atoms with Gasteiger partial charge in [-0.2, -0.15) is 5.26 Å². The Labute approximate surface area is 174 Å². The Kier molecular flexibility index (Phi) is 6.18. The third-order valence-corrected chi connectivity index (χ3v) is 4.88. The zero-order valence-corrected chi connectivity index (χ0v) is 16.5. The Hall–Kier alpha value is -3.33. The third-order valence-electron chi connectivity index (χ3n) is 4.57. The molecule has 2 N–H and O–H groups in total. The molecule has 1 unspecified atom stereocenters. The van der Waals surface area contributed by atoms with Gasteiger partial charge in [0, 0.05) is 12.1 Å². The van der Waals surface area contributed by atoms with E-state index in [9.17, 15) is 9.90 Å². The highest BCUT2D eigenvalue weighted by molar-refractivity contribution is 6.32. The van der Waals surface area contributed by atoms with Crippen LogP contribution in [0.3, 0.4) is 0 Å². The number of benzene rings is 3. The van der Waals surface area contributed by atoms with Crippen molar-refractivity contribution < 1.29 is 14.6 Å². The van der Waals surface area contributed by atoms with Crippen molar-refractivity contribution in [2.24, 2.45) is 0 Å². The van der Waals surface area contributed by atoms with Crippen LogP contribution in [0.1, 0.15) is 16.7 Å². The van der Waals surface area contributed by atoms with E-state index in [1.54, 1.807) is 55.6 Å². The lowest BCUT2D eigenvalue weighted by atomic mass is 9.86. The summed E-state index contributed by atoms with van der Waals surface area (Å²) in [6.07, 6.45) is 0.0457. The second kappa shape index (κ2) is 8.78. The first kappa shape index (κ1) is 20.4. The van der Waals surface area contributed by atoms with Gasteiger partial charge in [-0.05, 0) is 41.5 Å². The average Bonchev–Trinajstić information content (AvgIpc) is 2.74. The van der Waals surface area contributed by atoms with Crippen LogP contribution in [-0.2, 0) is 16.8 Å². The number of rotatable bonds is 6. The van der Waals surface area contributed by atoms with E-state index >= 15 is 0 Å². The fourth-order valence-electron chi connectivity index (χ4n) is 3.02. The van der Waals surface area contributed by atoms with E-state index in [-0.39, 0.29) is 11.4 Å². The number of carbonyl (C=O) groups is 1. The first-order valence-corrected chi connectivity index (χ1v) is 9.26. The number of aliphatic hydroxyl groups is 1. The van der Waals surface area contributed by atoms with Crippen molar-refractivity contribution in [3.63, 3.8) is 0 Å². The number of nitriles is 1. The first-order chi connectivity index (χ1) is 14.0. The lowest BCUT2D eigenvalue weighted by Gasteiger charge is -2.28. The number of nitrogens with one attached hydrogen (secondary N) is 1. The van der Waals surface area contributed by atoms with Gasteiger partial charge in [0.05, 0.1) is 17.7 Å². The molecule has 0 aliphatic rings. The summed E-state index contributed by atoms with van der Waals surface area (Å²) in [5.74, 6) is 0.0319. The van der Waals surface area contributed by atoms with Crippen LogP contribution < -0.4 is 10.1 Å². The fraction of sp³-hybridized carbons (Fsp3) is 0.130. The number of anilines is 1. The molecule has 6 heteroatoms. The summed E-state index contributed by atoms with van der Waals surface area (Å²) in [5.41, 5.74) is 0.0655. The molecule has 3 aromatic carbocycles. The monoisotopic (exact) mass is 406 g/mol. The van der Waals surface area contributed by atoms with Crippen LogP contribution in [0.15, 0.2) is 72.8 Å². The standard InChI is InChI=1S/C23H19ClN2O3/c1-29-20-9-5-6-16(12-20)14-23(28,18-7-3-2-4-8-18)22(27)26-19-11-10-17(15-25)21(24)13-19/h2-13,28H,14H2,1H3,(H,26,27). The summed E-state index contributed by atoms with van der Waals surface area (Å²) in [7, 11) is 1.56. The van der Waals surface area contributed by atoms with Gasteiger partial charge in [-0.3, -0.25) is 4.79 Å². The molecule has 0 radical (unpaired) electrons. The van der Waals surface area contributed by atoms with Crippen molar-refractivity contribution in [3.05, 3.63) is 94.5 Å². The number of methoxy groups -OCH3 is 1. The van der Waals surface area contributed by atoms with Crippen LogP contribution in [0.25, 0.3) is 0 Å². The number of amides is 1. The summed E-state index contributed by atoms with van der Waals surface area (Å²) in [4.78, 5) is 13.2. The van der Waals surface area contributed by atoms with Crippen LogP contribution >= 0.6 is 11.6 Å². The molecule has 3 rings (SSSR count). The Morgan fingerprint density at radius 3 is 2.55 bits per heavy atom. The lowest BCUT2D eigenvalue weighted by molar-refractivity contribution is -0.135. The molecule has 5 nitrogen and oxygen atoms in total. The van der Waals surface area contributed by atoms with E-state index < -0.39 is 11.5 Å². The Morgan fingerprint density at radius 2 is 1.90 bits per heavy atom. The highest BCUT2D eigenvalue weighted by Gasteiger charge is 2.38. The maximum atomic E-state index is 13.2. The molecule has 1 atom stereocenters. The predicted octanol–water partition coefficient (Wildman–Crippen LogP) is 4.29. The summed E-state index contributed by atoms with van der Waals surface area (Å²) >= 11 is 6.06. The van der Waals surface area contributed by atoms with E-state index in [0.29, 0.717) is 22.6 Å². The number of halogens is 1. The van der Waals surface area contributed by atoms with Gasteiger partial charge in [0.15, 0.2) is 5.60 Å². The van der Waals surface area contributed by atoms with Gasteiger partial charge in [-0.15, -0.1) is 0 Å². The van der Waals surface area contributed by atoms with E-state index in [4.69, 9.17) is 21.6 Å². The Morgan fingerprint density at radius 1 is 1.14 bits per heavy atom. The molecule has 0 aromatic heterocycles. The molecule has 0 aliphatic carbocycles. The van der Waals surface area contributed by atoms with Crippen LogP contribution in [0, 0.1) is 11.3 Å². The highest BCUT2D eigenvalue weighted by atomic mass is 35.5. The van der Waals surface area contributed by atoms with Gasteiger partial charge in [0.1, 0.15) is 11.8 Å². The zero-order valence-electron chi connectivity index (χ0n) is 15.7. The summed E-state index contributed by atoms with van der Waals surface area (Å²) < 4.78 is 5.24. The van der Waals surface area contributed by atoms with E-state index in [0.717, 1.165) is 5.56 Å². The van der Waals surface area contributed by atoms with Gasteiger partial charge in [0.25, 0.3) is 5.91 Å². The van der Waals surface area contributed by atoms with Gasteiger partial charge < -0.3 is 15.2 Å². The Bertz CT molecular complexity index is 1060. The number of carbonyl (C=O) groups excluding carboxylic acids is 1. The molecule has 0 saturated carbocycles. The molecule has 146 valence electrons. The van der Waals surface area contributed by atoms with Crippen LogP contribution in [0.5, 0.6) is 5.75 Å². The molecular weight excluding hydrogens is 388 g/mol. The molecule has 0 spiro atoms. The van der Waals surface area contributed by atoms with E-state index in [1.807, 2.05) is 18.2 Å². The van der Waals surface area contributed by atoms with Crippen molar-refractivity contribution >= 4 is 23.2 Å².